The van der Waals surface area contributed by atoms with Gasteiger partial charge in [0.15, 0.2) is 0 Å². The van der Waals surface area contributed by atoms with Gasteiger partial charge in [0.1, 0.15) is 6.10 Å². The molecule has 0 radical (unpaired) electrons. The van der Waals surface area contributed by atoms with Gasteiger partial charge in [-0.25, -0.2) is 0 Å². The SMILES string of the molecule is Cn1cc(C(O)c2ccc3ncccc3c2)cn1. The van der Waals surface area contributed by atoms with Gasteiger partial charge in [-0.2, -0.15) is 5.10 Å². The van der Waals surface area contributed by atoms with Crippen LogP contribution < -0.4 is 0 Å². The number of rotatable bonds is 2. The molecule has 0 saturated heterocycles. The van der Waals surface area contributed by atoms with Crippen molar-refractivity contribution in [3.63, 3.8) is 0 Å². The Bertz CT molecular complexity index is 690. The summed E-state index contributed by atoms with van der Waals surface area (Å²) in [6.45, 7) is 0. The third-order valence-electron chi connectivity index (χ3n) is 2.98. The van der Waals surface area contributed by atoms with E-state index in [-0.39, 0.29) is 0 Å². The van der Waals surface area contributed by atoms with Crippen molar-refractivity contribution >= 4 is 10.9 Å². The highest BCUT2D eigenvalue weighted by Gasteiger charge is 2.12. The summed E-state index contributed by atoms with van der Waals surface area (Å²) in [5.41, 5.74) is 2.57. The molecule has 0 aliphatic rings. The minimum absolute atomic E-state index is 0.650. The Morgan fingerprint density at radius 2 is 2.11 bits per heavy atom. The van der Waals surface area contributed by atoms with E-state index in [9.17, 15) is 5.11 Å². The lowest BCUT2D eigenvalue weighted by molar-refractivity contribution is 0.220. The molecule has 18 heavy (non-hydrogen) atoms. The fraction of sp³-hybridized carbons (Fsp3) is 0.143. The standard InChI is InChI=1S/C14H13N3O/c1-17-9-12(8-16-17)14(18)11-4-5-13-10(7-11)3-2-6-15-13/h2-9,14,18H,1H3. The van der Waals surface area contributed by atoms with Gasteiger partial charge in [0.2, 0.25) is 0 Å². The molecule has 90 valence electrons. The molecule has 3 rings (SSSR count). The van der Waals surface area contributed by atoms with Crippen molar-refractivity contribution in [3.05, 3.63) is 60.0 Å². The van der Waals surface area contributed by atoms with E-state index in [0.29, 0.717) is 0 Å². The minimum Gasteiger partial charge on any atom is -0.384 e. The topological polar surface area (TPSA) is 50.9 Å². The van der Waals surface area contributed by atoms with Crippen LogP contribution in [-0.4, -0.2) is 19.9 Å². The van der Waals surface area contributed by atoms with Gasteiger partial charge in [-0.3, -0.25) is 9.67 Å². The van der Waals surface area contributed by atoms with Gasteiger partial charge in [-0.05, 0) is 23.8 Å². The van der Waals surface area contributed by atoms with E-state index >= 15 is 0 Å². The second-order valence-electron chi connectivity index (χ2n) is 4.31. The highest BCUT2D eigenvalue weighted by Crippen LogP contribution is 2.24. The van der Waals surface area contributed by atoms with E-state index in [1.165, 1.54) is 0 Å². The summed E-state index contributed by atoms with van der Waals surface area (Å²) in [6, 6.07) is 9.65. The monoisotopic (exact) mass is 239 g/mol. The van der Waals surface area contributed by atoms with Gasteiger partial charge in [0.05, 0.1) is 11.7 Å². The van der Waals surface area contributed by atoms with Gasteiger partial charge < -0.3 is 5.11 Å². The number of aromatic nitrogens is 3. The van der Waals surface area contributed by atoms with Gasteiger partial charge in [0.25, 0.3) is 0 Å². The zero-order valence-corrected chi connectivity index (χ0v) is 9.99. The van der Waals surface area contributed by atoms with Crippen LogP contribution in [0.3, 0.4) is 0 Å². The van der Waals surface area contributed by atoms with Crippen LogP contribution in [0.15, 0.2) is 48.9 Å². The van der Waals surface area contributed by atoms with Crippen LogP contribution in [0.25, 0.3) is 10.9 Å². The average molecular weight is 239 g/mol. The predicted molar refractivity (Wildman–Crippen MR) is 69.0 cm³/mol. The van der Waals surface area contributed by atoms with Crippen molar-refractivity contribution in [2.24, 2.45) is 7.05 Å². The zero-order chi connectivity index (χ0) is 12.5. The molecule has 0 aliphatic carbocycles. The molecule has 0 saturated carbocycles. The first kappa shape index (κ1) is 10.9. The van der Waals surface area contributed by atoms with Crippen molar-refractivity contribution < 1.29 is 5.11 Å². The van der Waals surface area contributed by atoms with E-state index in [2.05, 4.69) is 10.1 Å². The van der Waals surface area contributed by atoms with Crippen molar-refractivity contribution in [2.45, 2.75) is 6.10 Å². The highest BCUT2D eigenvalue weighted by molar-refractivity contribution is 5.79. The maximum Gasteiger partial charge on any atom is 0.107 e. The van der Waals surface area contributed by atoms with E-state index < -0.39 is 6.10 Å². The molecular formula is C14H13N3O. The Morgan fingerprint density at radius 3 is 2.89 bits per heavy atom. The molecule has 0 bridgehead atoms. The number of aliphatic hydroxyl groups excluding tert-OH is 1. The van der Waals surface area contributed by atoms with E-state index in [4.69, 9.17) is 0 Å². The maximum absolute atomic E-state index is 10.3. The van der Waals surface area contributed by atoms with Crippen molar-refractivity contribution in [1.82, 2.24) is 14.8 Å². The molecule has 0 aliphatic heterocycles. The molecule has 1 unspecified atom stereocenters. The number of aliphatic hydroxyl groups is 1. The van der Waals surface area contributed by atoms with Crippen LogP contribution in [0.4, 0.5) is 0 Å². The summed E-state index contributed by atoms with van der Waals surface area (Å²) in [5.74, 6) is 0. The van der Waals surface area contributed by atoms with Crippen LogP contribution in [0.5, 0.6) is 0 Å². The van der Waals surface area contributed by atoms with Gasteiger partial charge in [-0.15, -0.1) is 0 Å². The quantitative estimate of drug-likeness (QED) is 0.744. The largest absolute Gasteiger partial charge is 0.384 e. The lowest BCUT2D eigenvalue weighted by atomic mass is 10.0. The normalized spacial score (nSPS) is 12.8. The summed E-state index contributed by atoms with van der Waals surface area (Å²) >= 11 is 0. The molecule has 1 atom stereocenters. The van der Waals surface area contributed by atoms with Crippen LogP contribution >= 0.6 is 0 Å². The zero-order valence-electron chi connectivity index (χ0n) is 9.99. The molecule has 2 aromatic heterocycles. The molecule has 1 aromatic carbocycles. The number of nitrogens with zero attached hydrogens (tertiary/aromatic N) is 3. The van der Waals surface area contributed by atoms with Gasteiger partial charge in [0, 0.05) is 30.4 Å². The van der Waals surface area contributed by atoms with E-state index in [0.717, 1.165) is 22.0 Å². The number of aryl methyl sites for hydroxylation is 1. The van der Waals surface area contributed by atoms with Gasteiger partial charge in [-0.1, -0.05) is 12.1 Å². The second-order valence-corrected chi connectivity index (χ2v) is 4.31. The van der Waals surface area contributed by atoms with Crippen molar-refractivity contribution in [2.75, 3.05) is 0 Å². The van der Waals surface area contributed by atoms with Crippen molar-refractivity contribution in [1.29, 1.82) is 0 Å². The Balaban J connectivity index is 2.03. The first-order chi connectivity index (χ1) is 8.74. The Labute approximate surface area is 105 Å². The van der Waals surface area contributed by atoms with Crippen LogP contribution in [0, 0.1) is 0 Å². The number of fused-ring (bicyclic) bond motifs is 1. The van der Waals surface area contributed by atoms with Crippen LogP contribution in [0.2, 0.25) is 0 Å². The summed E-state index contributed by atoms with van der Waals surface area (Å²) in [7, 11) is 1.83. The first-order valence-electron chi connectivity index (χ1n) is 5.75. The third kappa shape index (κ3) is 1.87. The molecular weight excluding hydrogens is 226 g/mol. The van der Waals surface area contributed by atoms with E-state index in [1.807, 2.05) is 43.6 Å². The average Bonchev–Trinajstić information content (AvgIpc) is 2.84. The molecule has 4 heteroatoms. The number of hydrogen-bond acceptors (Lipinski definition) is 3. The molecule has 0 amide bonds. The minimum atomic E-state index is -0.650. The molecule has 1 N–H and O–H groups in total. The fourth-order valence-electron chi connectivity index (χ4n) is 2.04. The summed E-state index contributed by atoms with van der Waals surface area (Å²) < 4.78 is 1.68. The summed E-state index contributed by atoms with van der Waals surface area (Å²) in [4.78, 5) is 4.26. The van der Waals surface area contributed by atoms with Crippen molar-refractivity contribution in [3.8, 4) is 0 Å². The summed E-state index contributed by atoms with van der Waals surface area (Å²) in [5, 5.41) is 15.4. The maximum atomic E-state index is 10.3. The predicted octanol–water partition coefficient (Wildman–Crippen LogP) is 2.05. The Kier molecular flexibility index (Phi) is 2.57. The Hall–Kier alpha value is -2.20. The molecule has 3 aromatic rings. The number of pyridine rings is 1. The van der Waals surface area contributed by atoms with Crippen LogP contribution in [-0.2, 0) is 7.05 Å². The highest BCUT2D eigenvalue weighted by atomic mass is 16.3. The lowest BCUT2D eigenvalue weighted by Crippen LogP contribution is -1.98. The second kappa shape index (κ2) is 4.23. The number of hydrogen-bond donors (Lipinski definition) is 1. The Morgan fingerprint density at radius 1 is 1.22 bits per heavy atom. The lowest BCUT2D eigenvalue weighted by Gasteiger charge is -2.09. The summed E-state index contributed by atoms with van der Waals surface area (Å²) in [6.07, 6.45) is 4.61. The van der Waals surface area contributed by atoms with E-state index in [1.54, 1.807) is 17.1 Å². The number of benzene rings is 1. The molecule has 0 spiro atoms. The molecule has 4 nitrogen and oxygen atoms in total. The molecule has 2 heterocycles. The van der Waals surface area contributed by atoms with Crippen LogP contribution in [0.1, 0.15) is 17.2 Å². The fourth-order valence-corrected chi connectivity index (χ4v) is 2.04. The first-order valence-corrected chi connectivity index (χ1v) is 5.75. The van der Waals surface area contributed by atoms with Gasteiger partial charge >= 0.3 is 0 Å². The third-order valence-corrected chi connectivity index (χ3v) is 2.98. The molecule has 0 fully saturated rings. The smallest absolute Gasteiger partial charge is 0.107 e.